The SMILES string of the molecule is C=Cn1c(=O)cc(C2CCN(C)CC2)c2cc(N(C)/C(=C3\CO3)c3ccccc3)ccc21. The molecule has 0 saturated carbocycles. The standard InChI is InChI=1S/C27H29N3O2/c1-4-30-24-11-10-21(29(3)27(25-18-32-25)20-8-6-5-7-9-20)16-23(24)22(17-26(30)31)19-12-14-28(2)15-13-19/h4-11,16-17,19H,1,12-15,18H2,2-3H3/b27-25+. The maximum atomic E-state index is 12.8. The Kier molecular flexibility index (Phi) is 5.35. The molecule has 5 nitrogen and oxygen atoms in total. The number of piperidine rings is 1. The number of hydrogen-bond donors (Lipinski definition) is 0. The highest BCUT2D eigenvalue weighted by atomic mass is 16.6. The molecular formula is C27H29N3O2. The minimum Gasteiger partial charge on any atom is -0.484 e. The molecule has 2 aromatic carbocycles. The quantitative estimate of drug-likeness (QED) is 0.551. The second-order valence-corrected chi connectivity index (χ2v) is 8.75. The van der Waals surface area contributed by atoms with Crippen molar-refractivity contribution in [3.63, 3.8) is 0 Å². The molecule has 0 bridgehead atoms. The molecule has 3 aromatic rings. The van der Waals surface area contributed by atoms with Gasteiger partial charge in [0.2, 0.25) is 0 Å². The van der Waals surface area contributed by atoms with Crippen molar-refractivity contribution >= 4 is 28.5 Å². The highest BCUT2D eigenvalue weighted by Gasteiger charge is 2.26. The second kappa shape index (κ2) is 8.32. The summed E-state index contributed by atoms with van der Waals surface area (Å²) in [7, 11) is 4.24. The van der Waals surface area contributed by atoms with Crippen molar-refractivity contribution in [2.75, 3.05) is 38.7 Å². The van der Waals surface area contributed by atoms with E-state index < -0.39 is 0 Å². The number of anilines is 1. The van der Waals surface area contributed by atoms with E-state index in [1.807, 2.05) is 30.3 Å². The summed E-state index contributed by atoms with van der Waals surface area (Å²) in [5.74, 6) is 1.39. The van der Waals surface area contributed by atoms with Gasteiger partial charge in [-0.25, -0.2) is 0 Å². The zero-order chi connectivity index (χ0) is 22.2. The van der Waals surface area contributed by atoms with Crippen molar-refractivity contribution in [2.24, 2.45) is 0 Å². The lowest BCUT2D eigenvalue weighted by atomic mass is 9.87. The number of nitrogens with zero attached hydrogens (tertiary/aromatic N) is 3. The third-order valence-corrected chi connectivity index (χ3v) is 6.73. The zero-order valence-corrected chi connectivity index (χ0v) is 18.8. The summed E-state index contributed by atoms with van der Waals surface area (Å²) in [6, 6.07) is 18.5. The van der Waals surface area contributed by atoms with Gasteiger partial charge in [0, 0.05) is 36.0 Å². The van der Waals surface area contributed by atoms with Crippen molar-refractivity contribution in [3.05, 3.63) is 88.4 Å². The van der Waals surface area contributed by atoms with E-state index in [-0.39, 0.29) is 5.56 Å². The van der Waals surface area contributed by atoms with Crippen LogP contribution in [-0.4, -0.2) is 43.3 Å². The van der Waals surface area contributed by atoms with Crippen LogP contribution in [0.5, 0.6) is 0 Å². The lowest BCUT2D eigenvalue weighted by Gasteiger charge is -2.30. The summed E-state index contributed by atoms with van der Waals surface area (Å²) in [6.45, 7) is 6.65. The van der Waals surface area contributed by atoms with Gasteiger partial charge in [-0.3, -0.25) is 9.36 Å². The molecule has 5 rings (SSSR count). The number of fused-ring (bicyclic) bond motifs is 1. The molecule has 0 atom stereocenters. The van der Waals surface area contributed by atoms with E-state index >= 15 is 0 Å². The van der Waals surface area contributed by atoms with Crippen LogP contribution < -0.4 is 10.5 Å². The van der Waals surface area contributed by atoms with Gasteiger partial charge in [0.1, 0.15) is 6.61 Å². The summed E-state index contributed by atoms with van der Waals surface area (Å²) < 4.78 is 7.26. The molecule has 2 aliphatic heterocycles. The molecule has 0 spiro atoms. The average Bonchev–Trinajstić information content (AvgIpc) is 3.65. The molecule has 32 heavy (non-hydrogen) atoms. The lowest BCUT2D eigenvalue weighted by Crippen LogP contribution is -2.30. The van der Waals surface area contributed by atoms with Gasteiger partial charge in [0.15, 0.2) is 5.76 Å². The molecule has 1 aromatic heterocycles. The third-order valence-electron chi connectivity index (χ3n) is 6.73. The van der Waals surface area contributed by atoms with Gasteiger partial charge in [0.25, 0.3) is 5.56 Å². The Morgan fingerprint density at radius 1 is 1.12 bits per heavy atom. The number of aromatic nitrogens is 1. The minimum absolute atomic E-state index is 0.0130. The number of pyridine rings is 1. The first-order chi connectivity index (χ1) is 15.6. The first kappa shape index (κ1) is 20.6. The molecule has 164 valence electrons. The maximum absolute atomic E-state index is 12.8. The van der Waals surface area contributed by atoms with Crippen molar-refractivity contribution in [2.45, 2.75) is 18.8 Å². The fraction of sp³-hybridized carbons (Fsp3) is 0.296. The summed E-state index contributed by atoms with van der Waals surface area (Å²) >= 11 is 0. The number of epoxide rings is 1. The van der Waals surface area contributed by atoms with Crippen LogP contribution in [0.1, 0.15) is 29.9 Å². The molecule has 0 aliphatic carbocycles. The first-order valence-corrected chi connectivity index (χ1v) is 11.2. The van der Waals surface area contributed by atoms with E-state index in [9.17, 15) is 4.79 Å². The second-order valence-electron chi connectivity index (χ2n) is 8.75. The summed E-state index contributed by atoms with van der Waals surface area (Å²) in [5, 5.41) is 1.12. The Balaban J connectivity index is 1.63. The van der Waals surface area contributed by atoms with Crippen LogP contribution in [0.25, 0.3) is 22.8 Å². The molecule has 2 aliphatic rings. The Bertz CT molecular complexity index is 1250. The molecule has 0 radical (unpaired) electrons. The van der Waals surface area contributed by atoms with Crippen LogP contribution in [0.3, 0.4) is 0 Å². The minimum atomic E-state index is -0.0130. The predicted molar refractivity (Wildman–Crippen MR) is 132 cm³/mol. The highest BCUT2D eigenvalue weighted by molar-refractivity contribution is 5.91. The zero-order valence-electron chi connectivity index (χ0n) is 18.8. The van der Waals surface area contributed by atoms with Crippen molar-refractivity contribution in [1.82, 2.24) is 9.47 Å². The van der Waals surface area contributed by atoms with Gasteiger partial charge in [-0.2, -0.15) is 0 Å². The van der Waals surface area contributed by atoms with Crippen LogP contribution in [0.2, 0.25) is 0 Å². The van der Waals surface area contributed by atoms with Gasteiger partial charge in [-0.1, -0.05) is 36.9 Å². The Labute approximate surface area is 188 Å². The van der Waals surface area contributed by atoms with E-state index in [4.69, 9.17) is 4.74 Å². The summed E-state index contributed by atoms with van der Waals surface area (Å²) in [4.78, 5) is 17.4. The molecule has 3 heterocycles. The average molecular weight is 428 g/mol. The van der Waals surface area contributed by atoms with Crippen LogP contribution in [0.15, 0.2) is 71.7 Å². The van der Waals surface area contributed by atoms with Crippen LogP contribution in [0, 0.1) is 0 Å². The Morgan fingerprint density at radius 2 is 1.84 bits per heavy atom. The monoisotopic (exact) mass is 427 g/mol. The molecule has 0 N–H and O–H groups in total. The van der Waals surface area contributed by atoms with E-state index in [1.54, 1.807) is 10.8 Å². The van der Waals surface area contributed by atoms with Crippen LogP contribution in [-0.2, 0) is 4.74 Å². The van der Waals surface area contributed by atoms with Gasteiger partial charge < -0.3 is 14.5 Å². The molecule has 0 amide bonds. The third kappa shape index (κ3) is 3.73. The summed E-state index contributed by atoms with van der Waals surface area (Å²) in [6.07, 6.45) is 3.74. The van der Waals surface area contributed by atoms with Gasteiger partial charge in [-0.15, -0.1) is 0 Å². The van der Waals surface area contributed by atoms with Crippen molar-refractivity contribution in [1.29, 1.82) is 0 Å². The smallest absolute Gasteiger partial charge is 0.255 e. The van der Waals surface area contributed by atoms with E-state index in [0.717, 1.165) is 65.1 Å². The van der Waals surface area contributed by atoms with Crippen molar-refractivity contribution in [3.8, 4) is 0 Å². The molecule has 5 heteroatoms. The Hall–Kier alpha value is -3.31. The number of likely N-dealkylation sites (tertiary alicyclic amines) is 1. The number of benzene rings is 2. The lowest BCUT2D eigenvalue weighted by molar-refractivity contribution is 0.256. The highest BCUT2D eigenvalue weighted by Crippen LogP contribution is 2.37. The topological polar surface area (TPSA) is 41.0 Å². The number of rotatable bonds is 5. The van der Waals surface area contributed by atoms with E-state index in [0.29, 0.717) is 12.5 Å². The van der Waals surface area contributed by atoms with Crippen molar-refractivity contribution < 1.29 is 4.74 Å². The van der Waals surface area contributed by atoms with Crippen LogP contribution in [0.4, 0.5) is 5.69 Å². The molecule has 2 saturated heterocycles. The van der Waals surface area contributed by atoms with E-state index in [2.05, 4.69) is 54.7 Å². The largest absolute Gasteiger partial charge is 0.484 e. The normalized spacial score (nSPS) is 18.3. The van der Waals surface area contributed by atoms with E-state index in [1.165, 1.54) is 0 Å². The Morgan fingerprint density at radius 3 is 2.50 bits per heavy atom. The van der Waals surface area contributed by atoms with Gasteiger partial charge in [-0.05, 0) is 62.7 Å². The van der Waals surface area contributed by atoms with Gasteiger partial charge >= 0.3 is 0 Å². The van der Waals surface area contributed by atoms with Gasteiger partial charge in [0.05, 0.1) is 11.2 Å². The summed E-state index contributed by atoms with van der Waals surface area (Å²) in [5.41, 5.74) is 5.35. The number of hydrogen-bond acceptors (Lipinski definition) is 4. The molecule has 0 unspecified atom stereocenters. The predicted octanol–water partition coefficient (Wildman–Crippen LogP) is 4.75. The number of ether oxygens (including phenoxy) is 1. The molecule has 2 fully saturated rings. The maximum Gasteiger partial charge on any atom is 0.255 e. The molecular weight excluding hydrogens is 398 g/mol. The fourth-order valence-corrected chi connectivity index (χ4v) is 4.86. The first-order valence-electron chi connectivity index (χ1n) is 11.2. The van der Waals surface area contributed by atoms with Crippen LogP contribution >= 0.6 is 0 Å². The fourth-order valence-electron chi connectivity index (χ4n) is 4.86.